The Balaban J connectivity index is 1.85. The molecule has 1 heterocycles. The SMILES string of the molecule is Clc1ccc(-n2ccnc2NC2CCCCC2)c(I)c1. The Kier molecular flexibility index (Phi) is 4.51. The molecule has 1 aliphatic rings. The number of aromatic nitrogens is 2. The van der Waals surface area contributed by atoms with Crippen molar-refractivity contribution in [2.24, 2.45) is 0 Å². The van der Waals surface area contributed by atoms with E-state index in [9.17, 15) is 0 Å². The standard InChI is InChI=1S/C15H17ClIN3/c16-11-6-7-14(13(17)10-11)20-9-8-18-15(20)19-12-4-2-1-3-5-12/h6-10,12H,1-5H2,(H,18,19). The van der Waals surface area contributed by atoms with Gasteiger partial charge in [0.2, 0.25) is 5.95 Å². The fourth-order valence-electron chi connectivity index (χ4n) is 2.71. The van der Waals surface area contributed by atoms with Crippen molar-refractivity contribution in [2.45, 2.75) is 38.1 Å². The molecule has 2 aromatic rings. The van der Waals surface area contributed by atoms with Crippen LogP contribution in [0.3, 0.4) is 0 Å². The van der Waals surface area contributed by atoms with E-state index in [-0.39, 0.29) is 0 Å². The molecule has 3 nitrogen and oxygen atoms in total. The fourth-order valence-corrected chi connectivity index (χ4v) is 3.84. The highest BCUT2D eigenvalue weighted by molar-refractivity contribution is 14.1. The van der Waals surface area contributed by atoms with Gasteiger partial charge in [-0.2, -0.15) is 0 Å². The number of nitrogens with one attached hydrogen (secondary N) is 1. The highest BCUT2D eigenvalue weighted by Crippen LogP contribution is 2.26. The molecule has 0 aliphatic heterocycles. The second-order valence-electron chi connectivity index (χ2n) is 5.20. The van der Waals surface area contributed by atoms with Gasteiger partial charge < -0.3 is 5.32 Å². The van der Waals surface area contributed by atoms with Crippen LogP contribution in [0, 0.1) is 3.57 Å². The average molecular weight is 402 g/mol. The summed E-state index contributed by atoms with van der Waals surface area (Å²) >= 11 is 8.34. The summed E-state index contributed by atoms with van der Waals surface area (Å²) in [6, 6.07) is 6.48. The number of hydrogen-bond donors (Lipinski definition) is 1. The van der Waals surface area contributed by atoms with Gasteiger partial charge in [-0.25, -0.2) is 4.98 Å². The number of hydrogen-bond acceptors (Lipinski definition) is 2. The predicted octanol–water partition coefficient (Wildman–Crippen LogP) is 4.87. The summed E-state index contributed by atoms with van der Waals surface area (Å²) in [6.07, 6.45) is 10.3. The molecule has 1 saturated carbocycles. The zero-order valence-corrected chi connectivity index (χ0v) is 14.1. The molecule has 0 amide bonds. The third-order valence-corrected chi connectivity index (χ3v) is 4.85. The minimum atomic E-state index is 0.551. The van der Waals surface area contributed by atoms with Gasteiger partial charge >= 0.3 is 0 Å². The molecule has 1 N–H and O–H groups in total. The molecule has 1 fully saturated rings. The Bertz CT molecular complexity index is 591. The molecule has 0 radical (unpaired) electrons. The Morgan fingerprint density at radius 2 is 2.05 bits per heavy atom. The van der Waals surface area contributed by atoms with Crippen LogP contribution in [-0.4, -0.2) is 15.6 Å². The first kappa shape index (κ1) is 14.2. The molecule has 0 saturated heterocycles. The van der Waals surface area contributed by atoms with Crippen molar-refractivity contribution in [3.8, 4) is 5.69 Å². The monoisotopic (exact) mass is 401 g/mol. The molecule has 0 bridgehead atoms. The van der Waals surface area contributed by atoms with Crippen molar-refractivity contribution in [1.29, 1.82) is 0 Å². The maximum atomic E-state index is 6.03. The summed E-state index contributed by atoms with van der Waals surface area (Å²) < 4.78 is 3.23. The average Bonchev–Trinajstić information content (AvgIpc) is 2.88. The van der Waals surface area contributed by atoms with Crippen molar-refractivity contribution >= 4 is 40.1 Å². The fraction of sp³-hybridized carbons (Fsp3) is 0.400. The lowest BCUT2D eigenvalue weighted by Gasteiger charge is -2.23. The van der Waals surface area contributed by atoms with E-state index >= 15 is 0 Å². The molecule has 1 aliphatic carbocycles. The van der Waals surface area contributed by atoms with Gasteiger partial charge in [-0.1, -0.05) is 30.9 Å². The topological polar surface area (TPSA) is 29.9 Å². The van der Waals surface area contributed by atoms with Crippen LogP contribution in [0.1, 0.15) is 32.1 Å². The molecular weight excluding hydrogens is 385 g/mol. The van der Waals surface area contributed by atoms with Crippen molar-refractivity contribution in [1.82, 2.24) is 9.55 Å². The molecule has 3 rings (SSSR count). The zero-order chi connectivity index (χ0) is 13.9. The van der Waals surface area contributed by atoms with E-state index in [2.05, 4.69) is 37.5 Å². The van der Waals surface area contributed by atoms with Gasteiger partial charge in [0.15, 0.2) is 0 Å². The molecule has 106 valence electrons. The first-order chi connectivity index (χ1) is 9.74. The minimum Gasteiger partial charge on any atom is -0.353 e. The number of halogens is 2. The van der Waals surface area contributed by atoms with Gasteiger partial charge in [0.1, 0.15) is 0 Å². The van der Waals surface area contributed by atoms with Crippen LogP contribution < -0.4 is 5.32 Å². The van der Waals surface area contributed by atoms with E-state index in [0.717, 1.165) is 20.2 Å². The van der Waals surface area contributed by atoms with Crippen LogP contribution in [0.15, 0.2) is 30.6 Å². The lowest BCUT2D eigenvalue weighted by atomic mass is 9.96. The van der Waals surface area contributed by atoms with Gasteiger partial charge in [-0.3, -0.25) is 4.57 Å². The van der Waals surface area contributed by atoms with Crippen LogP contribution in [0.4, 0.5) is 5.95 Å². The van der Waals surface area contributed by atoms with Crippen LogP contribution in [0.2, 0.25) is 5.02 Å². The summed E-state index contributed by atoms with van der Waals surface area (Å²) in [5.41, 5.74) is 1.12. The second kappa shape index (κ2) is 6.35. The van der Waals surface area contributed by atoms with Crippen molar-refractivity contribution in [3.63, 3.8) is 0 Å². The normalized spacial score (nSPS) is 16.3. The van der Waals surface area contributed by atoms with Gasteiger partial charge in [-0.05, 0) is 53.6 Å². The highest BCUT2D eigenvalue weighted by atomic mass is 127. The molecule has 5 heteroatoms. The minimum absolute atomic E-state index is 0.551. The van der Waals surface area contributed by atoms with Crippen molar-refractivity contribution < 1.29 is 0 Å². The summed E-state index contributed by atoms with van der Waals surface area (Å²) in [6.45, 7) is 0. The van der Waals surface area contributed by atoms with Crippen LogP contribution in [0.5, 0.6) is 0 Å². The maximum Gasteiger partial charge on any atom is 0.207 e. The molecule has 20 heavy (non-hydrogen) atoms. The molecule has 1 aromatic carbocycles. The molecule has 0 atom stereocenters. The molecule has 0 spiro atoms. The van der Waals surface area contributed by atoms with Crippen LogP contribution in [-0.2, 0) is 0 Å². The van der Waals surface area contributed by atoms with Crippen molar-refractivity contribution in [3.05, 3.63) is 39.2 Å². The lowest BCUT2D eigenvalue weighted by Crippen LogP contribution is -2.24. The number of anilines is 1. The number of imidazole rings is 1. The summed E-state index contributed by atoms with van der Waals surface area (Å²) in [5.74, 6) is 0.928. The summed E-state index contributed by atoms with van der Waals surface area (Å²) in [5, 5.41) is 4.35. The lowest BCUT2D eigenvalue weighted by molar-refractivity contribution is 0.460. The summed E-state index contributed by atoms with van der Waals surface area (Å²) in [7, 11) is 0. The van der Waals surface area contributed by atoms with Gasteiger partial charge in [-0.15, -0.1) is 0 Å². The molecule has 0 unspecified atom stereocenters. The number of benzene rings is 1. The van der Waals surface area contributed by atoms with Gasteiger partial charge in [0, 0.05) is 27.0 Å². The number of nitrogens with zero attached hydrogens (tertiary/aromatic N) is 2. The summed E-state index contributed by atoms with van der Waals surface area (Å²) in [4.78, 5) is 4.47. The van der Waals surface area contributed by atoms with E-state index in [1.54, 1.807) is 0 Å². The van der Waals surface area contributed by atoms with Crippen LogP contribution in [0.25, 0.3) is 5.69 Å². The van der Waals surface area contributed by atoms with Gasteiger partial charge in [0.25, 0.3) is 0 Å². The largest absolute Gasteiger partial charge is 0.353 e. The first-order valence-electron chi connectivity index (χ1n) is 6.99. The van der Waals surface area contributed by atoms with E-state index in [0.29, 0.717) is 6.04 Å². The van der Waals surface area contributed by atoms with Gasteiger partial charge in [0.05, 0.1) is 5.69 Å². The van der Waals surface area contributed by atoms with Crippen molar-refractivity contribution in [2.75, 3.05) is 5.32 Å². The van der Waals surface area contributed by atoms with Crippen LogP contribution >= 0.6 is 34.2 Å². The highest BCUT2D eigenvalue weighted by Gasteiger charge is 2.16. The molecular formula is C15H17ClIN3. The predicted molar refractivity (Wildman–Crippen MR) is 91.8 cm³/mol. The quantitative estimate of drug-likeness (QED) is 0.743. The third-order valence-electron chi connectivity index (χ3n) is 3.75. The van der Waals surface area contributed by atoms with E-state index in [1.807, 2.05) is 30.6 Å². The van der Waals surface area contributed by atoms with E-state index in [1.165, 1.54) is 32.1 Å². The van der Waals surface area contributed by atoms with E-state index in [4.69, 9.17) is 11.6 Å². The Morgan fingerprint density at radius 1 is 1.25 bits per heavy atom. The van der Waals surface area contributed by atoms with E-state index < -0.39 is 0 Å². The number of rotatable bonds is 3. The maximum absolute atomic E-state index is 6.03. The zero-order valence-electron chi connectivity index (χ0n) is 11.1. The Labute approximate surface area is 137 Å². The molecule has 1 aromatic heterocycles. The smallest absolute Gasteiger partial charge is 0.207 e. The third kappa shape index (κ3) is 3.11. The Hall–Kier alpha value is -0.750. The Morgan fingerprint density at radius 3 is 2.80 bits per heavy atom. The second-order valence-corrected chi connectivity index (χ2v) is 6.79. The first-order valence-corrected chi connectivity index (χ1v) is 8.45.